The summed E-state index contributed by atoms with van der Waals surface area (Å²) in [4.78, 5) is 306. The second-order valence-corrected chi connectivity index (χ2v) is 36.0. The van der Waals surface area contributed by atoms with Crippen LogP contribution in [0.4, 0.5) is 0 Å². The highest BCUT2D eigenvalue weighted by Gasteiger charge is 2.51. The fourth-order valence-electron chi connectivity index (χ4n) is 21.5. The average Bonchev–Trinajstić information content (AvgIpc) is 1.67. The quantitative estimate of drug-likeness (QED) is 0.0272. The molecule has 0 radical (unpaired) electrons. The molecule has 14 atom stereocenters. The zero-order chi connectivity index (χ0) is 91.9. The molecule has 0 aromatic rings. The van der Waals surface area contributed by atoms with Crippen molar-refractivity contribution in [3.05, 3.63) is 0 Å². The van der Waals surface area contributed by atoms with Crippen molar-refractivity contribution in [2.24, 2.45) is 5.73 Å². The van der Waals surface area contributed by atoms with Crippen LogP contribution < -0.4 is 53.6 Å². The monoisotopic (exact) mass is 1810 g/mol. The molecule has 0 aliphatic carbocycles. The van der Waals surface area contributed by atoms with Crippen molar-refractivity contribution in [3.63, 3.8) is 0 Å². The Hall–Kier alpha value is -11.2. The minimum atomic E-state index is -1.24. The number of unbranched alkanes of at least 4 members (excludes halogenated alkanes) is 1. The van der Waals surface area contributed by atoms with Gasteiger partial charge in [0.05, 0.1) is 45.3 Å². The van der Waals surface area contributed by atoms with E-state index in [9.17, 15) is 101 Å². The number of aliphatic carboxylic acids is 1. The minimum absolute atomic E-state index is 0.118. The van der Waals surface area contributed by atoms with Gasteiger partial charge >= 0.3 is 5.97 Å². The Kier molecular flexibility index (Phi) is 32.5. The summed E-state index contributed by atoms with van der Waals surface area (Å²) in [5, 5.41) is 33.2. The second kappa shape index (κ2) is 43.9. The van der Waals surface area contributed by atoms with E-state index in [1.165, 1.54) is 53.9 Å². The van der Waals surface area contributed by atoms with E-state index in [1.807, 2.05) is 0 Å². The molecule has 13 heterocycles. The Labute approximate surface area is 747 Å². The van der Waals surface area contributed by atoms with Crippen molar-refractivity contribution in [1.29, 1.82) is 0 Å². The average molecular weight is 1810 g/mol. The Morgan fingerprint density at radius 2 is 0.504 bits per heavy atom. The molecule has 0 spiro atoms. The SMILES string of the molecule is NCCCC[C@H](NC(=O)CNC(=O)[C@@H]1CCCN1C(=O)[C@@H]1CCCN1C(=O)CNC(=O)[C@@H]1CCCN1C(=O)[C@@H]1CCCN1C(=O)CNC(=O)[C@@H]1CCCN1C(=O)[C@@H]1CCCN1)C(=O)N1CCC[C@H]1C(=O)NCC(=O)N1CCC[C@H]1C(=O)N1CCC[C@H]1C(=O)NCC(=O)N1CCC[C@H]1C(=O)N1CCC[C@H]1C(=O)NCC(=O)N1CCC[C@H]1C(=O)N1CCC[C@H]1C(=O)NCC(=O)O. The molecule has 44 nitrogen and oxygen atoms in total. The van der Waals surface area contributed by atoms with Crippen LogP contribution in [0.15, 0.2) is 0 Å². The van der Waals surface area contributed by atoms with Gasteiger partial charge in [-0.25, -0.2) is 0 Å². The summed E-state index contributed by atoms with van der Waals surface area (Å²) in [5.74, 6) is -11.8. The van der Waals surface area contributed by atoms with E-state index in [1.54, 1.807) is 4.90 Å². The molecule has 20 amide bonds. The topological polar surface area (TPSA) is 552 Å². The predicted molar refractivity (Wildman–Crippen MR) is 451 cm³/mol. The normalized spacial score (nSPS) is 26.9. The van der Waals surface area contributed by atoms with Crippen molar-refractivity contribution in [2.75, 3.05) is 137 Å². The van der Waals surface area contributed by atoms with Crippen LogP contribution in [0.1, 0.15) is 186 Å². The third kappa shape index (κ3) is 22.1. The lowest BCUT2D eigenvalue weighted by molar-refractivity contribution is -0.148. The number of carbonyl (C=O) groups is 21. The first-order valence-electron chi connectivity index (χ1n) is 46.6. The summed E-state index contributed by atoms with van der Waals surface area (Å²) < 4.78 is 0. The molecular weight excluding hydrogens is 1680 g/mol. The fraction of sp³-hybridized carbons (Fsp3) is 0.753. The highest BCUT2D eigenvalue weighted by molar-refractivity contribution is 6.02. The van der Waals surface area contributed by atoms with Crippen molar-refractivity contribution >= 4 is 124 Å². The molecule has 13 rings (SSSR count). The number of amides is 20. The first-order chi connectivity index (χ1) is 62.1. The molecule has 708 valence electrons. The highest BCUT2D eigenvalue weighted by atomic mass is 16.4. The number of hydrogen-bond acceptors (Lipinski definition) is 23. The summed E-state index contributed by atoms with van der Waals surface area (Å²) in [7, 11) is 0. The van der Waals surface area contributed by atoms with Crippen LogP contribution in [-0.2, 0) is 101 Å². The minimum Gasteiger partial charge on any atom is -0.480 e. The molecule has 13 aliphatic heterocycles. The zero-order valence-corrected chi connectivity index (χ0v) is 73.4. The van der Waals surface area contributed by atoms with Crippen LogP contribution in [0, 0.1) is 0 Å². The van der Waals surface area contributed by atoms with Gasteiger partial charge in [0.15, 0.2) is 0 Å². The molecule has 0 aromatic carbocycles. The van der Waals surface area contributed by atoms with Crippen molar-refractivity contribution in [3.8, 4) is 0 Å². The number of nitrogens with two attached hydrogens (primary N) is 1. The number of rotatable bonds is 33. The molecule has 0 aromatic heterocycles. The maximum absolute atomic E-state index is 14.5. The van der Waals surface area contributed by atoms with Crippen molar-refractivity contribution in [1.82, 2.24) is 107 Å². The van der Waals surface area contributed by atoms with E-state index in [0.717, 1.165) is 13.0 Å². The Bertz CT molecular complexity index is 4300. The van der Waals surface area contributed by atoms with Gasteiger partial charge in [0.25, 0.3) is 0 Å². The van der Waals surface area contributed by atoms with Gasteiger partial charge in [-0.2, -0.15) is 0 Å². The second-order valence-electron chi connectivity index (χ2n) is 36.0. The van der Waals surface area contributed by atoms with Crippen LogP contribution >= 0.6 is 0 Å². The molecule has 129 heavy (non-hydrogen) atoms. The fourth-order valence-corrected chi connectivity index (χ4v) is 21.5. The number of hydrogen-bond donors (Lipinski definition) is 11. The van der Waals surface area contributed by atoms with Gasteiger partial charge in [0, 0.05) is 78.5 Å². The molecular formula is C85H126N22O22. The number of carboxylic acids is 1. The third-order valence-corrected chi connectivity index (χ3v) is 28.0. The number of carboxylic acid groups (broad SMARTS) is 1. The van der Waals surface area contributed by atoms with E-state index in [0.29, 0.717) is 135 Å². The van der Waals surface area contributed by atoms with Crippen LogP contribution in [0.3, 0.4) is 0 Å². The Balaban J connectivity index is 0.524. The molecule has 0 unspecified atom stereocenters. The first-order valence-corrected chi connectivity index (χ1v) is 46.6. The largest absolute Gasteiger partial charge is 0.480 e. The number of carbonyl (C=O) groups excluding carboxylic acids is 20. The maximum atomic E-state index is 14.5. The highest BCUT2D eigenvalue weighted by Crippen LogP contribution is 2.33. The van der Waals surface area contributed by atoms with E-state index in [2.05, 4.69) is 47.9 Å². The van der Waals surface area contributed by atoms with Crippen molar-refractivity contribution < 1.29 is 106 Å². The van der Waals surface area contributed by atoms with Crippen LogP contribution in [0.25, 0.3) is 0 Å². The predicted octanol–water partition coefficient (Wildman–Crippen LogP) is -6.86. The lowest BCUT2D eigenvalue weighted by atomic mass is 10.1. The van der Waals surface area contributed by atoms with Gasteiger partial charge in [-0.1, -0.05) is 0 Å². The van der Waals surface area contributed by atoms with Gasteiger partial charge < -0.3 is 117 Å². The van der Waals surface area contributed by atoms with Gasteiger partial charge in [-0.15, -0.1) is 0 Å². The van der Waals surface area contributed by atoms with Crippen LogP contribution in [0.2, 0.25) is 0 Å². The van der Waals surface area contributed by atoms with Gasteiger partial charge in [0.2, 0.25) is 118 Å². The van der Waals surface area contributed by atoms with Crippen molar-refractivity contribution in [2.45, 2.75) is 271 Å². The Morgan fingerprint density at radius 3 is 0.760 bits per heavy atom. The summed E-state index contributed by atoms with van der Waals surface area (Å²) in [5.41, 5.74) is 5.83. The van der Waals surface area contributed by atoms with Gasteiger partial charge in [0.1, 0.15) is 85.1 Å². The lowest BCUT2D eigenvalue weighted by Crippen LogP contribution is -2.57. The number of nitrogens with zero attached hydrogens (tertiary/aromatic N) is 12. The van der Waals surface area contributed by atoms with Gasteiger partial charge in [-0.3, -0.25) is 101 Å². The number of nitrogens with one attached hydrogen (secondary N) is 9. The molecule has 13 aliphatic rings. The summed E-state index contributed by atoms with van der Waals surface area (Å²) >= 11 is 0. The van der Waals surface area contributed by atoms with E-state index >= 15 is 0 Å². The summed E-state index contributed by atoms with van der Waals surface area (Å²) in [6.45, 7) is 0.115. The summed E-state index contributed by atoms with van der Waals surface area (Å²) in [6, 6.07) is -12.7. The van der Waals surface area contributed by atoms with E-state index < -0.39 is 236 Å². The maximum Gasteiger partial charge on any atom is 0.322 e. The van der Waals surface area contributed by atoms with E-state index in [4.69, 9.17) is 10.8 Å². The Morgan fingerprint density at radius 1 is 0.271 bits per heavy atom. The van der Waals surface area contributed by atoms with Crippen LogP contribution in [0.5, 0.6) is 0 Å². The van der Waals surface area contributed by atoms with Crippen LogP contribution in [-0.4, -0.2) is 410 Å². The lowest BCUT2D eigenvalue weighted by Gasteiger charge is -2.32. The molecule has 12 N–H and O–H groups in total. The summed E-state index contributed by atoms with van der Waals surface area (Å²) in [6.07, 6.45) is 11.9. The molecule has 0 saturated carbocycles. The number of likely N-dealkylation sites (tertiary alicyclic amines) is 12. The molecule has 13 fully saturated rings. The smallest absolute Gasteiger partial charge is 0.322 e. The first kappa shape index (κ1) is 95.4. The molecule has 44 heteroatoms. The molecule has 0 bridgehead atoms. The molecule has 13 saturated heterocycles. The van der Waals surface area contributed by atoms with Gasteiger partial charge in [-0.05, 0) is 199 Å². The third-order valence-electron chi connectivity index (χ3n) is 28.0. The standard InChI is InChI=1S/C85H126N22O22/c86-30-2-1-16-52(95-65(108)44-88-72(116)55-20-6-39-103(55)81(125)60-25-11-32-96(60)68(111)47-91-75(119)56-21-7-40-104(56)82(126)61-26-12-33-97(61)66(109)45-89-73(117)53-18-4-37-101(53)79(123)51-17-3-31-87-51)80(124)102-38-5-19-54(102)74(118)90-46-67(110)98-34-13-27-62(98)83(127)105-41-8-22-57(105)76(120)92-48-69(112)99-35-14-28-63(99)84(128)106-42-9-23-58(106)77(121)93-49-70(113)100-36-15-29-64(100)85(129)107-43-10-24-59(107)78(122)94-50-71(114)115/h51-64,87H,1-50,86H2,(H,88,116)(H,89,117)(H,90,118)(H,91,119)(H,92,120)(H,93,121)(H,94,122)(H,95,108)(H,114,115)/t51-,52-,53-,54-,55-,56-,57-,58-,59-,60-,61-,62-,63-,64-/m0/s1. The zero-order valence-electron chi connectivity index (χ0n) is 73.4. The van der Waals surface area contributed by atoms with E-state index in [-0.39, 0.29) is 148 Å².